The van der Waals surface area contributed by atoms with E-state index >= 15 is 0 Å². The molecule has 0 fully saturated rings. The molecule has 4 aromatic rings. The molecule has 1 aromatic heterocycles. The number of hydrogen-bond acceptors (Lipinski definition) is 7. The zero-order chi connectivity index (χ0) is 23.2. The number of nitro groups is 1. The molecule has 166 valence electrons. The second-order valence-corrected chi connectivity index (χ2v) is 9.78. The molecule has 4 rings (SSSR count). The summed E-state index contributed by atoms with van der Waals surface area (Å²) in [6.07, 6.45) is 0. The highest BCUT2D eigenvalue weighted by Gasteiger charge is 2.14. The minimum Gasteiger partial charge on any atom is -0.348 e. The van der Waals surface area contributed by atoms with Crippen LogP contribution in [0, 0.1) is 14.1 Å². The van der Waals surface area contributed by atoms with Crippen molar-refractivity contribution in [2.45, 2.75) is 16.6 Å². The van der Waals surface area contributed by atoms with Crippen LogP contribution in [0.25, 0.3) is 5.69 Å². The molecule has 1 heterocycles. The zero-order valence-electron chi connectivity index (χ0n) is 17.2. The number of hydrogen-bond donors (Lipinski definition) is 1. The number of benzene rings is 3. The van der Waals surface area contributed by atoms with Crippen LogP contribution >= 0.6 is 35.3 Å². The van der Waals surface area contributed by atoms with Crippen LogP contribution in [0.1, 0.15) is 21.5 Å². The summed E-state index contributed by atoms with van der Waals surface area (Å²) in [6.45, 7) is 0.0663. The highest BCUT2D eigenvalue weighted by molar-refractivity contribution is 8.00. The Morgan fingerprint density at radius 1 is 1.06 bits per heavy atom. The Bertz CT molecular complexity index is 1340. The van der Waals surface area contributed by atoms with Crippen molar-refractivity contribution in [3.63, 3.8) is 0 Å². The highest BCUT2D eigenvalue weighted by atomic mass is 32.2. The van der Waals surface area contributed by atoms with Crippen LogP contribution in [0.2, 0.25) is 0 Å². The fourth-order valence-electron chi connectivity index (χ4n) is 3.07. The fraction of sp³-hybridized carbons (Fsp3) is 0.0870. The van der Waals surface area contributed by atoms with Gasteiger partial charge in [-0.2, -0.15) is 0 Å². The van der Waals surface area contributed by atoms with Gasteiger partial charge in [-0.3, -0.25) is 14.9 Å². The van der Waals surface area contributed by atoms with Crippen LogP contribution in [0.15, 0.2) is 83.2 Å². The van der Waals surface area contributed by atoms with Crippen molar-refractivity contribution in [2.75, 3.05) is 0 Å². The lowest BCUT2D eigenvalue weighted by atomic mass is 10.1. The maximum absolute atomic E-state index is 12.5. The Kier molecular flexibility index (Phi) is 7.28. The molecule has 0 unspecified atom stereocenters. The number of nitrogens with one attached hydrogen (secondary N) is 1. The molecule has 10 heteroatoms. The van der Waals surface area contributed by atoms with Crippen LogP contribution in [0.3, 0.4) is 0 Å². The first-order chi connectivity index (χ1) is 16.0. The lowest BCUT2D eigenvalue weighted by Gasteiger charge is -2.07. The van der Waals surface area contributed by atoms with Gasteiger partial charge < -0.3 is 5.32 Å². The summed E-state index contributed by atoms with van der Waals surface area (Å²) in [7, 11) is 0. The smallest absolute Gasteiger partial charge is 0.274 e. The number of thioether (sulfide) groups is 1. The molecule has 0 atom stereocenters. The van der Waals surface area contributed by atoms with Crippen molar-refractivity contribution < 1.29 is 9.72 Å². The Balaban J connectivity index is 1.41. The SMILES string of the molecule is O=C(NCc1ccccc1[N+](=O)[O-])c1ccc(-n2nc(SCc3ccccc3)sc2=S)cc1. The minimum atomic E-state index is -0.458. The van der Waals surface area contributed by atoms with Gasteiger partial charge >= 0.3 is 0 Å². The molecule has 0 radical (unpaired) electrons. The Hall–Kier alpha value is -3.34. The maximum Gasteiger partial charge on any atom is 0.274 e. The molecule has 0 saturated carbocycles. The van der Waals surface area contributed by atoms with Crippen molar-refractivity contribution in [1.29, 1.82) is 0 Å². The fourth-order valence-corrected chi connectivity index (χ4v) is 5.39. The van der Waals surface area contributed by atoms with Crippen molar-refractivity contribution in [1.82, 2.24) is 15.1 Å². The molecule has 0 aliphatic rings. The molecule has 0 spiro atoms. The van der Waals surface area contributed by atoms with Gasteiger partial charge in [-0.15, -0.1) is 5.10 Å². The average Bonchev–Trinajstić information content (AvgIpc) is 3.22. The van der Waals surface area contributed by atoms with Crippen molar-refractivity contribution in [3.8, 4) is 5.69 Å². The van der Waals surface area contributed by atoms with E-state index in [1.165, 1.54) is 23.0 Å². The van der Waals surface area contributed by atoms with E-state index < -0.39 is 4.92 Å². The third-order valence-corrected chi connectivity index (χ3v) is 7.17. The van der Waals surface area contributed by atoms with Crippen LogP contribution in [0.4, 0.5) is 5.69 Å². The molecule has 3 aromatic carbocycles. The number of rotatable bonds is 8. The van der Waals surface area contributed by atoms with Gasteiger partial charge in [0, 0.05) is 29.5 Å². The van der Waals surface area contributed by atoms with Gasteiger partial charge in [0.15, 0.2) is 8.29 Å². The number of nitro benzene ring substituents is 1. The number of carbonyl (C=O) groups is 1. The molecule has 1 amide bonds. The molecule has 0 aliphatic heterocycles. The molecule has 7 nitrogen and oxygen atoms in total. The summed E-state index contributed by atoms with van der Waals surface area (Å²) in [4.78, 5) is 23.2. The summed E-state index contributed by atoms with van der Waals surface area (Å²) < 4.78 is 3.18. The lowest BCUT2D eigenvalue weighted by Crippen LogP contribution is -2.23. The highest BCUT2D eigenvalue weighted by Crippen LogP contribution is 2.27. The lowest BCUT2D eigenvalue weighted by molar-refractivity contribution is -0.385. The van der Waals surface area contributed by atoms with E-state index in [0.717, 1.165) is 15.8 Å². The van der Waals surface area contributed by atoms with Crippen molar-refractivity contribution >= 4 is 46.9 Å². The summed E-state index contributed by atoms with van der Waals surface area (Å²) in [5.74, 6) is 0.489. The zero-order valence-corrected chi connectivity index (χ0v) is 19.7. The third-order valence-electron chi connectivity index (χ3n) is 4.74. The van der Waals surface area contributed by atoms with Crippen LogP contribution < -0.4 is 5.32 Å². The van der Waals surface area contributed by atoms with Gasteiger partial charge in [-0.1, -0.05) is 71.6 Å². The Morgan fingerprint density at radius 3 is 2.48 bits per heavy atom. The number of carbonyl (C=O) groups excluding carboxylic acids is 1. The monoisotopic (exact) mass is 494 g/mol. The van der Waals surface area contributed by atoms with E-state index in [0.29, 0.717) is 15.1 Å². The van der Waals surface area contributed by atoms with Crippen LogP contribution in [-0.2, 0) is 12.3 Å². The molecular weight excluding hydrogens is 476 g/mol. The van der Waals surface area contributed by atoms with E-state index in [1.54, 1.807) is 58.9 Å². The Labute approximate surface area is 203 Å². The normalized spacial score (nSPS) is 10.7. The first-order valence-electron chi connectivity index (χ1n) is 9.89. The quantitative estimate of drug-likeness (QED) is 0.144. The number of aromatic nitrogens is 2. The number of para-hydroxylation sites is 1. The summed E-state index contributed by atoms with van der Waals surface area (Å²) in [5, 5.41) is 18.5. The second kappa shape index (κ2) is 10.5. The predicted molar refractivity (Wildman–Crippen MR) is 133 cm³/mol. The predicted octanol–water partition coefficient (Wildman–Crippen LogP) is 5.79. The first kappa shape index (κ1) is 22.8. The average molecular weight is 495 g/mol. The van der Waals surface area contributed by atoms with Gasteiger partial charge in [0.1, 0.15) is 0 Å². The summed E-state index contributed by atoms with van der Waals surface area (Å²) in [6, 6.07) is 23.4. The minimum absolute atomic E-state index is 0.0213. The summed E-state index contributed by atoms with van der Waals surface area (Å²) >= 11 is 8.54. The van der Waals surface area contributed by atoms with Gasteiger partial charge in [0.2, 0.25) is 0 Å². The first-order valence-corrected chi connectivity index (χ1v) is 12.1. The van der Waals surface area contributed by atoms with E-state index in [9.17, 15) is 14.9 Å². The molecular formula is C23H18N4O3S3. The van der Waals surface area contributed by atoms with E-state index in [1.807, 2.05) is 18.2 Å². The van der Waals surface area contributed by atoms with E-state index in [-0.39, 0.29) is 18.1 Å². The van der Waals surface area contributed by atoms with Crippen molar-refractivity contribution in [2.24, 2.45) is 0 Å². The summed E-state index contributed by atoms with van der Waals surface area (Å²) in [5.41, 5.74) is 2.84. The van der Waals surface area contributed by atoms with Gasteiger partial charge in [-0.25, -0.2) is 4.68 Å². The molecule has 0 bridgehead atoms. The van der Waals surface area contributed by atoms with E-state index in [4.69, 9.17) is 12.2 Å². The van der Waals surface area contributed by atoms with Gasteiger partial charge in [0.05, 0.1) is 10.6 Å². The number of amides is 1. The molecule has 1 N–H and O–H groups in total. The maximum atomic E-state index is 12.5. The largest absolute Gasteiger partial charge is 0.348 e. The topological polar surface area (TPSA) is 90.1 Å². The molecule has 33 heavy (non-hydrogen) atoms. The number of nitrogens with zero attached hydrogens (tertiary/aromatic N) is 3. The standard InChI is InChI=1S/C23H18N4O3S3/c28-21(24-14-18-8-4-5-9-20(18)27(29)30)17-10-12-19(13-11-17)26-23(31)33-22(25-26)32-15-16-6-2-1-3-7-16/h1-13H,14-15H2,(H,24,28). The second-order valence-electron chi connectivity index (χ2n) is 6.94. The van der Waals surface area contributed by atoms with Crippen LogP contribution in [-0.4, -0.2) is 20.6 Å². The van der Waals surface area contributed by atoms with Crippen LogP contribution in [0.5, 0.6) is 0 Å². The molecule has 0 aliphatic carbocycles. The van der Waals surface area contributed by atoms with E-state index in [2.05, 4.69) is 22.5 Å². The Morgan fingerprint density at radius 2 is 1.76 bits per heavy atom. The van der Waals surface area contributed by atoms with Gasteiger partial charge in [0.25, 0.3) is 11.6 Å². The molecule has 0 saturated heterocycles. The van der Waals surface area contributed by atoms with Gasteiger partial charge in [-0.05, 0) is 42.0 Å². The van der Waals surface area contributed by atoms with Crippen molar-refractivity contribution in [3.05, 3.63) is 110 Å². The third kappa shape index (κ3) is 5.72.